The predicted octanol–water partition coefficient (Wildman–Crippen LogP) is 3.88. The molecule has 2 N–H and O–H groups in total. The standard InChI is InChI=1S/C19H27FN4S/c1-5-21-18(23-12-14-8-6-7-9-15(14)20)22-11-10-17-24-16(13-25-17)19(2,3)4/h6-9,13H,5,10-12H2,1-4H3,(H2,21,22,23). The van der Waals surface area contributed by atoms with Gasteiger partial charge in [0, 0.05) is 35.9 Å². The molecule has 0 saturated heterocycles. The molecule has 2 rings (SSSR count). The highest BCUT2D eigenvalue weighted by atomic mass is 32.1. The van der Waals surface area contributed by atoms with Crippen LogP contribution in [0.15, 0.2) is 34.6 Å². The largest absolute Gasteiger partial charge is 0.357 e. The summed E-state index contributed by atoms with van der Waals surface area (Å²) in [5.74, 6) is 0.470. The molecule has 0 radical (unpaired) electrons. The Hall–Kier alpha value is -1.95. The quantitative estimate of drug-likeness (QED) is 0.606. The summed E-state index contributed by atoms with van der Waals surface area (Å²) >= 11 is 1.69. The molecule has 0 spiro atoms. The van der Waals surface area contributed by atoms with Gasteiger partial charge in [0.25, 0.3) is 0 Å². The number of halogens is 1. The first-order chi connectivity index (χ1) is 11.9. The highest BCUT2D eigenvalue weighted by Gasteiger charge is 2.17. The second kappa shape index (κ2) is 8.94. The Morgan fingerprint density at radius 1 is 1.24 bits per heavy atom. The normalized spacial score (nSPS) is 12.3. The van der Waals surface area contributed by atoms with Gasteiger partial charge in [0.15, 0.2) is 5.96 Å². The summed E-state index contributed by atoms with van der Waals surface area (Å²) in [7, 11) is 0. The zero-order valence-corrected chi connectivity index (χ0v) is 16.2. The minimum absolute atomic E-state index is 0.0817. The summed E-state index contributed by atoms with van der Waals surface area (Å²) in [6.07, 6.45) is 0.838. The third-order valence-corrected chi connectivity index (χ3v) is 4.57. The molecule has 0 aliphatic heterocycles. The van der Waals surface area contributed by atoms with Crippen LogP contribution in [0.4, 0.5) is 4.39 Å². The average molecular weight is 363 g/mol. The van der Waals surface area contributed by atoms with Gasteiger partial charge in [-0.1, -0.05) is 39.0 Å². The maximum atomic E-state index is 13.7. The van der Waals surface area contributed by atoms with Crippen molar-refractivity contribution in [3.63, 3.8) is 0 Å². The fourth-order valence-corrected chi connectivity index (χ4v) is 3.22. The molecule has 0 atom stereocenters. The van der Waals surface area contributed by atoms with Gasteiger partial charge in [-0.3, -0.25) is 0 Å². The monoisotopic (exact) mass is 362 g/mol. The molecule has 2 aromatic rings. The van der Waals surface area contributed by atoms with Gasteiger partial charge < -0.3 is 10.6 Å². The molecule has 0 fully saturated rings. The van der Waals surface area contributed by atoms with E-state index in [1.807, 2.05) is 13.0 Å². The van der Waals surface area contributed by atoms with Crippen LogP contribution in [-0.4, -0.2) is 24.0 Å². The van der Waals surface area contributed by atoms with Crippen molar-refractivity contribution in [3.05, 3.63) is 51.7 Å². The molecule has 0 bridgehead atoms. The smallest absolute Gasteiger partial charge is 0.191 e. The van der Waals surface area contributed by atoms with Crippen molar-refractivity contribution in [3.8, 4) is 0 Å². The van der Waals surface area contributed by atoms with E-state index in [2.05, 4.69) is 41.8 Å². The number of aliphatic imine (C=N–C) groups is 1. The van der Waals surface area contributed by atoms with Crippen LogP contribution in [-0.2, 0) is 18.4 Å². The van der Waals surface area contributed by atoms with E-state index in [-0.39, 0.29) is 11.2 Å². The van der Waals surface area contributed by atoms with Crippen LogP contribution in [0.2, 0.25) is 0 Å². The number of nitrogens with zero attached hydrogens (tertiary/aromatic N) is 2. The lowest BCUT2D eigenvalue weighted by Gasteiger charge is -2.14. The summed E-state index contributed by atoms with van der Waals surface area (Å²) in [6, 6.07) is 6.72. The summed E-state index contributed by atoms with van der Waals surface area (Å²) in [5.41, 5.74) is 1.81. The van der Waals surface area contributed by atoms with E-state index in [1.54, 1.807) is 23.5 Å². The van der Waals surface area contributed by atoms with E-state index in [9.17, 15) is 4.39 Å². The maximum Gasteiger partial charge on any atom is 0.191 e. The molecule has 136 valence electrons. The highest BCUT2D eigenvalue weighted by molar-refractivity contribution is 7.09. The lowest BCUT2D eigenvalue weighted by Crippen LogP contribution is -2.38. The number of aromatic nitrogens is 1. The van der Waals surface area contributed by atoms with Crippen molar-refractivity contribution in [2.45, 2.75) is 46.1 Å². The van der Waals surface area contributed by atoms with Crippen LogP contribution in [0, 0.1) is 5.82 Å². The zero-order chi connectivity index (χ0) is 18.3. The summed E-state index contributed by atoms with van der Waals surface area (Å²) in [5, 5.41) is 9.72. The molecule has 0 unspecified atom stereocenters. The van der Waals surface area contributed by atoms with E-state index in [4.69, 9.17) is 4.98 Å². The molecular formula is C19H27FN4S. The number of guanidine groups is 1. The first kappa shape index (κ1) is 19.4. The topological polar surface area (TPSA) is 49.3 Å². The van der Waals surface area contributed by atoms with Crippen molar-refractivity contribution < 1.29 is 4.39 Å². The third kappa shape index (κ3) is 6.12. The second-order valence-electron chi connectivity index (χ2n) is 6.84. The molecule has 1 aromatic heterocycles. The molecule has 0 aliphatic carbocycles. The fraction of sp³-hybridized carbons (Fsp3) is 0.474. The average Bonchev–Trinajstić information content (AvgIpc) is 3.03. The van der Waals surface area contributed by atoms with Crippen LogP contribution in [0.5, 0.6) is 0 Å². The molecule has 1 aromatic carbocycles. The van der Waals surface area contributed by atoms with Gasteiger partial charge in [-0.2, -0.15) is 0 Å². The van der Waals surface area contributed by atoms with E-state index < -0.39 is 0 Å². The van der Waals surface area contributed by atoms with Gasteiger partial charge in [0.2, 0.25) is 0 Å². The van der Waals surface area contributed by atoms with Crippen molar-refractivity contribution in [1.29, 1.82) is 0 Å². The van der Waals surface area contributed by atoms with Gasteiger partial charge in [-0.05, 0) is 13.0 Å². The molecule has 0 amide bonds. The number of hydrogen-bond donors (Lipinski definition) is 2. The highest BCUT2D eigenvalue weighted by Crippen LogP contribution is 2.23. The molecule has 25 heavy (non-hydrogen) atoms. The first-order valence-electron chi connectivity index (χ1n) is 8.60. The molecule has 6 heteroatoms. The van der Waals surface area contributed by atoms with Crippen LogP contribution < -0.4 is 10.6 Å². The van der Waals surface area contributed by atoms with Gasteiger partial charge in [0.1, 0.15) is 5.82 Å². The summed E-state index contributed by atoms with van der Waals surface area (Å²) < 4.78 is 13.7. The van der Waals surface area contributed by atoms with E-state index in [0.717, 1.165) is 30.2 Å². The summed E-state index contributed by atoms with van der Waals surface area (Å²) in [4.78, 5) is 9.16. The molecule has 4 nitrogen and oxygen atoms in total. The van der Waals surface area contributed by atoms with E-state index >= 15 is 0 Å². The van der Waals surface area contributed by atoms with Crippen LogP contribution in [0.25, 0.3) is 0 Å². The predicted molar refractivity (Wildman–Crippen MR) is 104 cm³/mol. The second-order valence-corrected chi connectivity index (χ2v) is 7.78. The molecule has 0 aliphatic rings. The minimum atomic E-state index is -0.223. The Morgan fingerprint density at radius 2 is 2.00 bits per heavy atom. The Kier molecular flexibility index (Phi) is 6.93. The van der Waals surface area contributed by atoms with Gasteiger partial charge >= 0.3 is 0 Å². The molecular weight excluding hydrogens is 335 g/mol. The number of rotatable bonds is 6. The lowest BCUT2D eigenvalue weighted by atomic mass is 9.93. The van der Waals surface area contributed by atoms with Crippen LogP contribution >= 0.6 is 11.3 Å². The lowest BCUT2D eigenvalue weighted by molar-refractivity contribution is 0.570. The van der Waals surface area contributed by atoms with Crippen molar-refractivity contribution in [2.75, 3.05) is 13.1 Å². The SMILES string of the molecule is CCNC(=NCc1ccccc1F)NCCc1nc(C(C)(C)C)cs1. The zero-order valence-electron chi connectivity index (χ0n) is 15.4. The van der Waals surface area contributed by atoms with Crippen molar-refractivity contribution in [2.24, 2.45) is 4.99 Å². The fourth-order valence-electron chi connectivity index (χ4n) is 2.19. The number of nitrogens with one attached hydrogen (secondary N) is 2. The van der Waals surface area contributed by atoms with Gasteiger partial charge in [0.05, 0.1) is 17.2 Å². The minimum Gasteiger partial charge on any atom is -0.357 e. The Bertz CT molecular complexity index is 703. The maximum absolute atomic E-state index is 13.7. The number of hydrogen-bond acceptors (Lipinski definition) is 3. The molecule has 1 heterocycles. The summed E-state index contributed by atoms with van der Waals surface area (Å²) in [6.45, 7) is 10.3. The third-order valence-electron chi connectivity index (χ3n) is 3.66. The Morgan fingerprint density at radius 3 is 2.64 bits per heavy atom. The van der Waals surface area contributed by atoms with E-state index in [1.165, 1.54) is 6.07 Å². The van der Waals surface area contributed by atoms with Crippen LogP contribution in [0.1, 0.15) is 44.0 Å². The number of thiazole rings is 1. The van der Waals surface area contributed by atoms with Gasteiger partial charge in [-0.15, -0.1) is 11.3 Å². The van der Waals surface area contributed by atoms with Gasteiger partial charge in [-0.25, -0.2) is 14.4 Å². The Labute approximate surface area is 153 Å². The first-order valence-corrected chi connectivity index (χ1v) is 9.48. The van der Waals surface area contributed by atoms with Crippen LogP contribution in [0.3, 0.4) is 0 Å². The van der Waals surface area contributed by atoms with Crippen molar-refractivity contribution >= 4 is 17.3 Å². The van der Waals surface area contributed by atoms with E-state index in [0.29, 0.717) is 18.1 Å². The number of benzene rings is 1. The Balaban J connectivity index is 1.90. The van der Waals surface area contributed by atoms with Crippen molar-refractivity contribution in [1.82, 2.24) is 15.6 Å². The molecule has 0 saturated carbocycles.